The normalized spacial score (nSPS) is 16.8. The summed E-state index contributed by atoms with van der Waals surface area (Å²) in [6, 6.07) is 16.6. The van der Waals surface area contributed by atoms with Crippen LogP contribution in [0.1, 0.15) is 172 Å². The summed E-state index contributed by atoms with van der Waals surface area (Å²) in [6.45, 7) is 12.1. The number of unbranched alkanes of at least 4 members (excludes halogenated alkanes) is 2. The van der Waals surface area contributed by atoms with Gasteiger partial charge in [0.25, 0.3) is 17.7 Å². The van der Waals surface area contributed by atoms with Crippen molar-refractivity contribution < 1.29 is 66.9 Å². The van der Waals surface area contributed by atoms with Gasteiger partial charge in [-0.2, -0.15) is 0 Å². The molecule has 3 aromatic rings. The minimum atomic E-state index is -1.10. The van der Waals surface area contributed by atoms with Crippen molar-refractivity contribution in [2.45, 2.75) is 162 Å². The van der Waals surface area contributed by atoms with E-state index in [1.165, 1.54) is 34.2 Å². The molecule has 18 heteroatoms. The minimum Gasteiger partial charge on any atom is -0.485 e. The third-order valence-corrected chi connectivity index (χ3v) is 15.5. The first-order valence-electron chi connectivity index (χ1n) is 28.5. The summed E-state index contributed by atoms with van der Waals surface area (Å²) in [6.07, 6.45) is 7.38. The SMILES string of the molecule is CCC(C)(C)C(=O)C(=O)N1CCCCC1C(=O)C[C@H](CCc1ccc(C)c(C)c1)c1cccc(NC(=O)CCC(=O)CCCCOCCOCCOCCCCC(=O)COc2cccc3c2C(=O)N(C2CCC(=O)NC2=O)C3=O)c1. The highest BCUT2D eigenvalue weighted by atomic mass is 16.5. The van der Waals surface area contributed by atoms with E-state index in [-0.39, 0.29) is 91.2 Å². The number of carbonyl (C=O) groups is 10. The Morgan fingerprint density at radius 2 is 1.43 bits per heavy atom. The second kappa shape index (κ2) is 30.7. The van der Waals surface area contributed by atoms with E-state index >= 15 is 0 Å². The fourth-order valence-corrected chi connectivity index (χ4v) is 10.1. The van der Waals surface area contributed by atoms with Crippen LogP contribution in [-0.4, -0.2) is 133 Å². The average Bonchev–Trinajstić information content (AvgIpc) is 3.70. The number of benzene rings is 3. The largest absolute Gasteiger partial charge is 0.485 e. The molecule has 0 bridgehead atoms. The van der Waals surface area contributed by atoms with Gasteiger partial charge in [-0.1, -0.05) is 57.2 Å². The quantitative estimate of drug-likeness (QED) is 0.0327. The number of carbonyl (C=O) groups excluding carboxylic acids is 10. The lowest BCUT2D eigenvalue weighted by Crippen LogP contribution is -2.54. The lowest BCUT2D eigenvalue weighted by Gasteiger charge is -2.36. The number of ketones is 4. The predicted octanol–water partition coefficient (Wildman–Crippen LogP) is 8.09. The van der Waals surface area contributed by atoms with Gasteiger partial charge in [-0.3, -0.25) is 58.2 Å². The van der Waals surface area contributed by atoms with E-state index in [2.05, 4.69) is 42.7 Å². The Hall–Kier alpha value is -6.76. The van der Waals surface area contributed by atoms with Crippen LogP contribution in [0.2, 0.25) is 0 Å². The van der Waals surface area contributed by atoms with Crippen LogP contribution in [0.3, 0.4) is 0 Å². The van der Waals surface area contributed by atoms with Crippen LogP contribution in [0.25, 0.3) is 0 Å². The maximum Gasteiger partial charge on any atom is 0.291 e. The molecule has 3 heterocycles. The summed E-state index contributed by atoms with van der Waals surface area (Å²) in [4.78, 5) is 132. The van der Waals surface area contributed by atoms with Gasteiger partial charge >= 0.3 is 0 Å². The molecule has 0 saturated carbocycles. The summed E-state index contributed by atoms with van der Waals surface area (Å²) in [5.41, 5.74) is 4.26. The molecule has 3 atom stereocenters. The van der Waals surface area contributed by atoms with Crippen LogP contribution in [0.15, 0.2) is 60.7 Å². The number of rotatable bonds is 34. The Balaban J connectivity index is 0.811. The zero-order valence-corrected chi connectivity index (χ0v) is 47.3. The molecule has 2 unspecified atom stereocenters. The molecular weight excluding hydrogens is 1020 g/mol. The number of nitrogens with one attached hydrogen (secondary N) is 2. The summed E-state index contributed by atoms with van der Waals surface area (Å²) in [5.74, 6) is -4.26. The highest BCUT2D eigenvalue weighted by Crippen LogP contribution is 2.35. The van der Waals surface area contributed by atoms with Crippen molar-refractivity contribution in [1.82, 2.24) is 15.1 Å². The highest BCUT2D eigenvalue weighted by molar-refractivity contribution is 6.38. The number of hydrogen-bond acceptors (Lipinski definition) is 14. The maximum absolute atomic E-state index is 14.2. The number of imide groups is 2. The van der Waals surface area contributed by atoms with Crippen LogP contribution in [-0.2, 0) is 59.0 Å². The summed E-state index contributed by atoms with van der Waals surface area (Å²) in [7, 11) is 0. The van der Waals surface area contributed by atoms with Crippen LogP contribution in [0.5, 0.6) is 5.75 Å². The average molecular weight is 1110 g/mol. The Morgan fingerprint density at radius 1 is 0.738 bits per heavy atom. The zero-order valence-electron chi connectivity index (χ0n) is 47.3. The molecule has 0 aliphatic carbocycles. The molecule has 80 heavy (non-hydrogen) atoms. The van der Waals surface area contributed by atoms with Gasteiger partial charge in [0.15, 0.2) is 11.6 Å². The van der Waals surface area contributed by atoms with Crippen molar-refractivity contribution in [3.05, 3.63) is 94.0 Å². The van der Waals surface area contributed by atoms with Crippen molar-refractivity contribution in [1.29, 1.82) is 0 Å². The molecule has 432 valence electrons. The van der Waals surface area contributed by atoms with Gasteiger partial charge < -0.3 is 29.2 Å². The van der Waals surface area contributed by atoms with Gasteiger partial charge in [0.1, 0.15) is 24.2 Å². The molecule has 0 spiro atoms. The number of anilines is 1. The van der Waals surface area contributed by atoms with Crippen LogP contribution in [0, 0.1) is 19.3 Å². The number of ether oxygens (including phenoxy) is 4. The van der Waals surface area contributed by atoms with E-state index in [4.69, 9.17) is 18.9 Å². The van der Waals surface area contributed by atoms with Gasteiger partial charge in [-0.25, -0.2) is 0 Å². The smallest absolute Gasteiger partial charge is 0.291 e. The molecule has 6 amide bonds. The van der Waals surface area contributed by atoms with Crippen molar-refractivity contribution >= 4 is 64.3 Å². The molecule has 6 rings (SSSR count). The molecule has 0 aromatic heterocycles. The van der Waals surface area contributed by atoms with E-state index in [0.29, 0.717) is 103 Å². The zero-order chi connectivity index (χ0) is 57.8. The van der Waals surface area contributed by atoms with Crippen molar-refractivity contribution in [3.63, 3.8) is 0 Å². The molecule has 3 aliphatic rings. The lowest BCUT2D eigenvalue weighted by molar-refractivity contribution is -0.153. The fraction of sp³-hybridized carbons (Fsp3) is 0.548. The minimum absolute atomic E-state index is 0.00641. The number of fused-ring (bicyclic) bond motifs is 1. The van der Waals surface area contributed by atoms with E-state index < -0.39 is 52.8 Å². The molecule has 3 aromatic carbocycles. The molecular formula is C62H80N4O14. The van der Waals surface area contributed by atoms with E-state index in [9.17, 15) is 47.9 Å². The molecule has 2 saturated heterocycles. The first kappa shape index (κ1) is 62.4. The Labute approximate surface area is 469 Å². The van der Waals surface area contributed by atoms with Crippen molar-refractivity contribution in [3.8, 4) is 5.75 Å². The van der Waals surface area contributed by atoms with Crippen LogP contribution >= 0.6 is 0 Å². The molecule has 0 radical (unpaired) electrons. The van der Waals surface area contributed by atoms with Gasteiger partial charge in [0.05, 0.1) is 43.6 Å². The van der Waals surface area contributed by atoms with Gasteiger partial charge in [-0.15, -0.1) is 0 Å². The van der Waals surface area contributed by atoms with E-state index in [1.54, 1.807) is 19.9 Å². The molecule has 2 N–H and O–H groups in total. The second-order valence-corrected chi connectivity index (χ2v) is 21.8. The number of hydrogen-bond donors (Lipinski definition) is 2. The highest BCUT2D eigenvalue weighted by Gasteiger charge is 2.46. The monoisotopic (exact) mass is 1100 g/mol. The van der Waals surface area contributed by atoms with Crippen molar-refractivity contribution in [2.24, 2.45) is 5.41 Å². The van der Waals surface area contributed by atoms with Crippen LogP contribution in [0.4, 0.5) is 5.69 Å². The number of piperidine rings is 2. The topological polar surface area (TPSA) is 238 Å². The van der Waals surface area contributed by atoms with Crippen LogP contribution < -0.4 is 15.4 Å². The second-order valence-electron chi connectivity index (χ2n) is 21.8. The Morgan fingerprint density at radius 3 is 2.11 bits per heavy atom. The fourth-order valence-electron chi connectivity index (χ4n) is 10.1. The van der Waals surface area contributed by atoms with E-state index in [1.807, 2.05) is 25.1 Å². The maximum atomic E-state index is 14.2. The molecule has 18 nitrogen and oxygen atoms in total. The Kier molecular flexibility index (Phi) is 24.0. The summed E-state index contributed by atoms with van der Waals surface area (Å²) >= 11 is 0. The number of nitrogens with zero attached hydrogens (tertiary/aromatic N) is 2. The summed E-state index contributed by atoms with van der Waals surface area (Å²) < 4.78 is 22.5. The first-order chi connectivity index (χ1) is 38.4. The summed E-state index contributed by atoms with van der Waals surface area (Å²) in [5, 5.41) is 5.11. The van der Waals surface area contributed by atoms with Gasteiger partial charge in [0, 0.05) is 69.4 Å². The third kappa shape index (κ3) is 17.9. The number of amides is 6. The standard InChI is InChI=1S/C62H80N4O14/c1-6-62(4,5)57(72)61(76)65-30-10-7-20-50(65)52(69)39-45(25-24-43-23-22-41(2)42(3)37-43)44-15-13-16-46(38-44)63-54(70)28-26-47(67)17-8-11-31-77-33-35-79-36-34-78-32-12-9-18-48(68)40-80-53-21-14-19-49-56(53)60(75)66(59(49)74)51-27-29-55(71)64-58(51)73/h13-16,19,21-23,37-38,45,50-51H,6-12,17-18,20,24-36,39-40H2,1-5H3,(H,63,70)(H,64,71,73)/t45-,50?,51?/m0/s1. The number of aryl methyl sites for hydroxylation is 3. The number of Topliss-reactive ketones (excluding diaryl/α,β-unsaturated/α-hetero) is 4. The Bertz CT molecular complexity index is 2730. The van der Waals surface area contributed by atoms with E-state index in [0.717, 1.165) is 35.3 Å². The van der Waals surface area contributed by atoms with Gasteiger partial charge in [-0.05, 0) is 137 Å². The third-order valence-electron chi connectivity index (χ3n) is 15.5. The van der Waals surface area contributed by atoms with Crippen molar-refractivity contribution in [2.75, 3.05) is 58.1 Å². The number of likely N-dealkylation sites (tertiary alicyclic amines) is 1. The molecule has 3 aliphatic heterocycles. The predicted molar refractivity (Wildman–Crippen MR) is 298 cm³/mol. The lowest BCUT2D eigenvalue weighted by atomic mass is 9.82. The first-order valence-corrected chi connectivity index (χ1v) is 28.5. The van der Waals surface area contributed by atoms with Gasteiger partial charge in [0.2, 0.25) is 23.5 Å². The molecule has 2 fully saturated rings.